The zero-order chi connectivity index (χ0) is 13.0. The van der Waals surface area contributed by atoms with Crippen LogP contribution >= 0.6 is 0 Å². The van der Waals surface area contributed by atoms with Crippen LogP contribution in [0.1, 0.15) is 11.1 Å². The van der Waals surface area contributed by atoms with Crippen LogP contribution in [0.15, 0.2) is 48.5 Å². The van der Waals surface area contributed by atoms with Crippen molar-refractivity contribution in [2.45, 2.75) is 13.3 Å². The predicted octanol–water partition coefficient (Wildman–Crippen LogP) is 3.38. The minimum atomic E-state index is -0.205. The number of ether oxygens (including phenoxy) is 1. The summed E-state index contributed by atoms with van der Waals surface area (Å²) in [6.45, 7) is 2.01. The van der Waals surface area contributed by atoms with Gasteiger partial charge in [-0.2, -0.15) is 0 Å². The maximum Gasteiger partial charge on any atom is 0.309 e. The van der Waals surface area contributed by atoms with E-state index in [2.05, 4.69) is 24.3 Å². The number of hydrogen-bond donors (Lipinski definition) is 0. The molecular formula is C16H16O2. The molecule has 0 spiro atoms. The third kappa shape index (κ3) is 2.77. The highest BCUT2D eigenvalue weighted by molar-refractivity contribution is 5.74. The largest absolute Gasteiger partial charge is 0.469 e. The summed E-state index contributed by atoms with van der Waals surface area (Å²) in [7, 11) is 1.42. The highest BCUT2D eigenvalue weighted by atomic mass is 16.5. The molecule has 0 aliphatic carbocycles. The lowest BCUT2D eigenvalue weighted by Gasteiger charge is -2.08. The summed E-state index contributed by atoms with van der Waals surface area (Å²) >= 11 is 0. The van der Waals surface area contributed by atoms with E-state index in [1.807, 2.05) is 31.2 Å². The van der Waals surface area contributed by atoms with Crippen LogP contribution in [0.3, 0.4) is 0 Å². The maximum absolute atomic E-state index is 11.4. The average molecular weight is 240 g/mol. The van der Waals surface area contributed by atoms with E-state index in [1.54, 1.807) is 0 Å². The molecule has 0 aliphatic heterocycles. The Bertz CT molecular complexity index is 544. The van der Waals surface area contributed by atoms with Gasteiger partial charge in [0.2, 0.25) is 0 Å². The SMILES string of the molecule is COC(=O)Cc1cc(-c2ccccc2)ccc1C. The van der Waals surface area contributed by atoms with Gasteiger partial charge in [0, 0.05) is 0 Å². The Morgan fingerprint density at radius 1 is 1.06 bits per heavy atom. The van der Waals surface area contributed by atoms with Gasteiger partial charge in [-0.1, -0.05) is 48.5 Å². The molecule has 0 N–H and O–H groups in total. The zero-order valence-corrected chi connectivity index (χ0v) is 10.6. The van der Waals surface area contributed by atoms with E-state index in [4.69, 9.17) is 4.74 Å². The van der Waals surface area contributed by atoms with Crippen LogP contribution in [0.5, 0.6) is 0 Å². The molecule has 2 rings (SSSR count). The monoisotopic (exact) mass is 240 g/mol. The third-order valence-corrected chi connectivity index (χ3v) is 3.02. The fraction of sp³-hybridized carbons (Fsp3) is 0.188. The number of aryl methyl sites for hydroxylation is 1. The van der Waals surface area contributed by atoms with Gasteiger partial charge in [-0.3, -0.25) is 4.79 Å². The molecular weight excluding hydrogens is 224 g/mol. The molecule has 2 nitrogen and oxygen atoms in total. The number of carbonyl (C=O) groups excluding carboxylic acids is 1. The smallest absolute Gasteiger partial charge is 0.309 e. The van der Waals surface area contributed by atoms with Crippen LogP contribution < -0.4 is 0 Å². The highest BCUT2D eigenvalue weighted by Crippen LogP contribution is 2.22. The Kier molecular flexibility index (Phi) is 3.78. The molecule has 0 fully saturated rings. The minimum Gasteiger partial charge on any atom is -0.469 e. The summed E-state index contributed by atoms with van der Waals surface area (Å²) in [6, 6.07) is 16.3. The van der Waals surface area contributed by atoms with Gasteiger partial charge in [0.05, 0.1) is 13.5 Å². The van der Waals surface area contributed by atoms with E-state index in [1.165, 1.54) is 7.11 Å². The van der Waals surface area contributed by atoms with Gasteiger partial charge in [-0.25, -0.2) is 0 Å². The fourth-order valence-electron chi connectivity index (χ4n) is 1.90. The summed E-state index contributed by atoms with van der Waals surface area (Å²) in [5.41, 5.74) is 4.41. The van der Waals surface area contributed by atoms with Crippen molar-refractivity contribution in [1.29, 1.82) is 0 Å². The first-order valence-electron chi connectivity index (χ1n) is 5.92. The Morgan fingerprint density at radius 3 is 2.44 bits per heavy atom. The van der Waals surface area contributed by atoms with Crippen molar-refractivity contribution >= 4 is 5.97 Å². The quantitative estimate of drug-likeness (QED) is 0.769. The first-order chi connectivity index (χ1) is 8.70. The second-order valence-corrected chi connectivity index (χ2v) is 4.26. The zero-order valence-electron chi connectivity index (χ0n) is 10.6. The van der Waals surface area contributed by atoms with Crippen molar-refractivity contribution in [2.75, 3.05) is 7.11 Å². The second kappa shape index (κ2) is 5.50. The van der Waals surface area contributed by atoms with Gasteiger partial charge < -0.3 is 4.74 Å². The molecule has 0 aliphatic rings. The molecule has 0 bridgehead atoms. The van der Waals surface area contributed by atoms with Crippen LogP contribution in [0.4, 0.5) is 0 Å². The number of esters is 1. The topological polar surface area (TPSA) is 26.3 Å². The summed E-state index contributed by atoms with van der Waals surface area (Å²) in [6.07, 6.45) is 0.322. The molecule has 2 aromatic carbocycles. The lowest BCUT2D eigenvalue weighted by molar-refractivity contribution is -0.139. The number of benzene rings is 2. The van der Waals surface area contributed by atoms with Crippen LogP contribution in [0.2, 0.25) is 0 Å². The molecule has 18 heavy (non-hydrogen) atoms. The predicted molar refractivity (Wildman–Crippen MR) is 72.3 cm³/mol. The lowest BCUT2D eigenvalue weighted by Crippen LogP contribution is -2.05. The molecule has 0 saturated carbocycles. The van der Waals surface area contributed by atoms with Gasteiger partial charge in [-0.05, 0) is 29.2 Å². The Labute approximate surface area is 107 Å². The third-order valence-electron chi connectivity index (χ3n) is 3.02. The van der Waals surface area contributed by atoms with E-state index < -0.39 is 0 Å². The Balaban J connectivity index is 2.35. The molecule has 0 atom stereocenters. The van der Waals surface area contributed by atoms with Crippen LogP contribution in [0, 0.1) is 6.92 Å². The summed E-state index contributed by atoms with van der Waals surface area (Å²) in [5.74, 6) is -0.205. The molecule has 92 valence electrons. The van der Waals surface area contributed by atoms with Crippen LogP contribution in [0.25, 0.3) is 11.1 Å². The Hall–Kier alpha value is -2.09. The molecule has 0 aromatic heterocycles. The van der Waals surface area contributed by atoms with Crippen molar-refractivity contribution in [2.24, 2.45) is 0 Å². The van der Waals surface area contributed by atoms with E-state index in [0.29, 0.717) is 6.42 Å². The van der Waals surface area contributed by atoms with Gasteiger partial charge in [0.15, 0.2) is 0 Å². The molecule has 0 saturated heterocycles. The number of carbonyl (C=O) groups is 1. The van der Waals surface area contributed by atoms with E-state index in [-0.39, 0.29) is 5.97 Å². The van der Waals surface area contributed by atoms with Crippen LogP contribution in [-0.4, -0.2) is 13.1 Å². The van der Waals surface area contributed by atoms with E-state index in [9.17, 15) is 4.79 Å². The van der Waals surface area contributed by atoms with Gasteiger partial charge >= 0.3 is 5.97 Å². The van der Waals surface area contributed by atoms with Crippen molar-refractivity contribution in [3.05, 3.63) is 59.7 Å². The summed E-state index contributed by atoms with van der Waals surface area (Å²) < 4.78 is 4.72. The van der Waals surface area contributed by atoms with Crippen molar-refractivity contribution in [3.8, 4) is 11.1 Å². The Morgan fingerprint density at radius 2 is 1.78 bits per heavy atom. The van der Waals surface area contributed by atoms with Gasteiger partial charge in [-0.15, -0.1) is 0 Å². The normalized spacial score (nSPS) is 10.1. The fourth-order valence-corrected chi connectivity index (χ4v) is 1.90. The van der Waals surface area contributed by atoms with Crippen molar-refractivity contribution in [3.63, 3.8) is 0 Å². The average Bonchev–Trinajstić information content (AvgIpc) is 2.42. The summed E-state index contributed by atoms with van der Waals surface area (Å²) in [5, 5.41) is 0. The van der Waals surface area contributed by atoms with Crippen molar-refractivity contribution in [1.82, 2.24) is 0 Å². The molecule has 0 heterocycles. The first kappa shape index (κ1) is 12.4. The van der Waals surface area contributed by atoms with Gasteiger partial charge in [0.1, 0.15) is 0 Å². The second-order valence-electron chi connectivity index (χ2n) is 4.26. The van der Waals surface area contributed by atoms with Crippen LogP contribution in [-0.2, 0) is 16.0 Å². The highest BCUT2D eigenvalue weighted by Gasteiger charge is 2.07. The number of methoxy groups -OCH3 is 1. The number of rotatable bonds is 3. The van der Waals surface area contributed by atoms with Crippen molar-refractivity contribution < 1.29 is 9.53 Å². The first-order valence-corrected chi connectivity index (χ1v) is 5.92. The minimum absolute atomic E-state index is 0.205. The molecule has 2 heteroatoms. The molecule has 0 amide bonds. The standard InChI is InChI=1S/C16H16O2/c1-12-8-9-14(13-6-4-3-5-7-13)10-15(12)11-16(17)18-2/h3-10H,11H2,1-2H3. The molecule has 2 aromatic rings. The van der Waals surface area contributed by atoms with Gasteiger partial charge in [0.25, 0.3) is 0 Å². The number of hydrogen-bond acceptors (Lipinski definition) is 2. The van der Waals surface area contributed by atoms with E-state index in [0.717, 1.165) is 22.3 Å². The maximum atomic E-state index is 11.4. The summed E-state index contributed by atoms with van der Waals surface area (Å²) in [4.78, 5) is 11.4. The van der Waals surface area contributed by atoms with E-state index >= 15 is 0 Å². The molecule has 0 radical (unpaired) electrons. The molecule has 0 unspecified atom stereocenters. The lowest BCUT2D eigenvalue weighted by atomic mass is 9.98.